The van der Waals surface area contributed by atoms with Crippen molar-refractivity contribution >= 4 is 5.97 Å². The van der Waals surface area contributed by atoms with E-state index in [0.717, 1.165) is 5.56 Å². The largest absolute Gasteiger partial charge is 0.492 e. The number of hydrogen-bond acceptors (Lipinski definition) is 5. The lowest BCUT2D eigenvalue weighted by Gasteiger charge is -2.25. The van der Waals surface area contributed by atoms with Gasteiger partial charge in [0, 0.05) is 12.1 Å². The summed E-state index contributed by atoms with van der Waals surface area (Å²) in [6.45, 7) is 12.7. The molecule has 0 aromatic heterocycles. The lowest BCUT2D eigenvalue weighted by atomic mass is 9.84. The van der Waals surface area contributed by atoms with Crippen molar-refractivity contribution in [1.29, 1.82) is 0 Å². The number of nitrogens with zero attached hydrogens (tertiary/aromatic N) is 1. The molecule has 0 heterocycles. The van der Waals surface area contributed by atoms with Crippen molar-refractivity contribution in [2.24, 2.45) is 0 Å². The van der Waals surface area contributed by atoms with Crippen molar-refractivity contribution in [3.8, 4) is 22.6 Å². The summed E-state index contributed by atoms with van der Waals surface area (Å²) >= 11 is 0. The third kappa shape index (κ3) is 7.70. The molecule has 0 atom stereocenters. The van der Waals surface area contributed by atoms with E-state index in [2.05, 4.69) is 0 Å². The maximum absolute atomic E-state index is 14.2. The summed E-state index contributed by atoms with van der Waals surface area (Å²) in [7, 11) is 3.06. The Bertz CT molecular complexity index is 954. The molecule has 0 saturated heterocycles. The topological polar surface area (TPSA) is 48.0 Å². The molecule has 0 N–H and O–H groups in total. The molecule has 0 bridgehead atoms. The van der Waals surface area contributed by atoms with Crippen LogP contribution in [0.4, 0.5) is 8.78 Å². The zero-order valence-corrected chi connectivity index (χ0v) is 20.8. The molecule has 0 fully saturated rings. The summed E-state index contributed by atoms with van der Waals surface area (Å²) in [5.74, 6) is -1.50. The second kappa shape index (κ2) is 10.5. The lowest BCUT2D eigenvalue weighted by Crippen LogP contribution is -2.34. The fraction of sp³-hybridized carbons (Fsp3) is 0.500. The molecule has 33 heavy (non-hydrogen) atoms. The minimum atomic E-state index is -0.752. The summed E-state index contributed by atoms with van der Waals surface area (Å²) in [6.07, 6.45) is 0. The zero-order valence-electron chi connectivity index (χ0n) is 20.8. The first-order valence-electron chi connectivity index (χ1n) is 10.9. The SMILES string of the molecule is COc1c(F)cc(-c2ccc(OCCN(C)CC(=O)OC(C)(C)C)c(C(C)(C)C)c2)cc1F. The molecule has 0 aliphatic carbocycles. The van der Waals surface area contributed by atoms with Crippen molar-refractivity contribution in [2.45, 2.75) is 52.6 Å². The zero-order chi connectivity index (χ0) is 25.0. The molecule has 0 aliphatic heterocycles. The standard InChI is InChI=1S/C26H35F2NO4/c1-25(2,3)19-13-17(18-14-20(27)24(31-8)21(28)15-18)9-10-22(19)32-12-11-29(7)16-23(30)33-26(4,5)6/h9-10,13-15H,11-12,16H2,1-8H3. The average Bonchev–Trinajstić information content (AvgIpc) is 2.65. The Morgan fingerprint density at radius 2 is 1.58 bits per heavy atom. The van der Waals surface area contributed by atoms with E-state index in [1.807, 2.05) is 65.6 Å². The van der Waals surface area contributed by atoms with Crippen molar-refractivity contribution in [2.75, 3.05) is 33.9 Å². The number of rotatable bonds is 8. The molecule has 0 saturated carbocycles. The van der Waals surface area contributed by atoms with Crippen LogP contribution in [0.5, 0.6) is 11.5 Å². The Balaban J connectivity index is 2.15. The maximum Gasteiger partial charge on any atom is 0.320 e. The van der Waals surface area contributed by atoms with Crippen molar-refractivity contribution in [1.82, 2.24) is 4.90 Å². The van der Waals surface area contributed by atoms with Gasteiger partial charge in [0.1, 0.15) is 18.0 Å². The predicted octanol–water partition coefficient (Wildman–Crippen LogP) is 5.59. The molecular weight excluding hydrogens is 428 g/mol. The van der Waals surface area contributed by atoms with Crippen LogP contribution in [0.2, 0.25) is 0 Å². The van der Waals surface area contributed by atoms with E-state index in [4.69, 9.17) is 14.2 Å². The Labute approximate surface area is 195 Å². The Kier molecular flexibility index (Phi) is 8.46. The lowest BCUT2D eigenvalue weighted by molar-refractivity contribution is -0.155. The van der Waals surface area contributed by atoms with Crippen LogP contribution in [-0.2, 0) is 14.9 Å². The highest BCUT2D eigenvalue weighted by Crippen LogP contribution is 2.36. The number of hydrogen-bond donors (Lipinski definition) is 0. The fourth-order valence-electron chi connectivity index (χ4n) is 3.33. The van der Waals surface area contributed by atoms with Gasteiger partial charge in [0.15, 0.2) is 17.4 Å². The van der Waals surface area contributed by atoms with E-state index >= 15 is 0 Å². The molecular formula is C26H35F2NO4. The smallest absolute Gasteiger partial charge is 0.320 e. The van der Waals surface area contributed by atoms with Gasteiger partial charge in [-0.2, -0.15) is 0 Å². The third-order valence-corrected chi connectivity index (χ3v) is 4.87. The van der Waals surface area contributed by atoms with Crippen molar-refractivity contribution < 1.29 is 27.8 Å². The van der Waals surface area contributed by atoms with Gasteiger partial charge in [0.25, 0.3) is 0 Å². The van der Waals surface area contributed by atoms with Crippen LogP contribution < -0.4 is 9.47 Å². The van der Waals surface area contributed by atoms with Crippen LogP contribution in [0.1, 0.15) is 47.1 Å². The molecule has 0 radical (unpaired) electrons. The molecule has 182 valence electrons. The monoisotopic (exact) mass is 463 g/mol. The number of halogens is 2. The number of carbonyl (C=O) groups is 1. The van der Waals surface area contributed by atoms with Crippen LogP contribution >= 0.6 is 0 Å². The second-order valence-electron chi connectivity index (χ2n) is 10.1. The third-order valence-electron chi connectivity index (χ3n) is 4.87. The normalized spacial score (nSPS) is 12.1. The van der Waals surface area contributed by atoms with Crippen molar-refractivity contribution in [3.05, 3.63) is 47.5 Å². The summed E-state index contributed by atoms with van der Waals surface area (Å²) in [5, 5.41) is 0. The molecule has 2 aromatic rings. The average molecular weight is 464 g/mol. The van der Waals surface area contributed by atoms with E-state index in [0.29, 0.717) is 30.0 Å². The Hall–Kier alpha value is -2.67. The minimum absolute atomic E-state index is 0.167. The highest BCUT2D eigenvalue weighted by Gasteiger charge is 2.22. The highest BCUT2D eigenvalue weighted by molar-refractivity contribution is 5.72. The number of carbonyl (C=O) groups excluding carboxylic acids is 1. The van der Waals surface area contributed by atoms with E-state index in [9.17, 15) is 13.6 Å². The molecule has 0 aliphatic rings. The van der Waals surface area contributed by atoms with Gasteiger partial charge in [0.05, 0.1) is 13.7 Å². The molecule has 0 amide bonds. The Morgan fingerprint density at radius 1 is 0.970 bits per heavy atom. The number of benzene rings is 2. The van der Waals surface area contributed by atoms with E-state index < -0.39 is 23.0 Å². The van der Waals surface area contributed by atoms with Crippen LogP contribution in [0.3, 0.4) is 0 Å². The van der Waals surface area contributed by atoms with Gasteiger partial charge in [-0.15, -0.1) is 0 Å². The van der Waals surface area contributed by atoms with E-state index in [-0.39, 0.29) is 17.9 Å². The number of esters is 1. The first-order valence-corrected chi connectivity index (χ1v) is 10.9. The fourth-order valence-corrected chi connectivity index (χ4v) is 3.33. The second-order valence-corrected chi connectivity index (χ2v) is 10.1. The molecule has 5 nitrogen and oxygen atoms in total. The summed E-state index contributed by atoms with van der Waals surface area (Å²) in [5.41, 5.74) is 1.21. The van der Waals surface area contributed by atoms with E-state index in [1.54, 1.807) is 6.07 Å². The molecule has 7 heteroatoms. The van der Waals surface area contributed by atoms with Gasteiger partial charge in [-0.1, -0.05) is 26.8 Å². The molecule has 2 aromatic carbocycles. The van der Waals surface area contributed by atoms with Gasteiger partial charge in [0.2, 0.25) is 0 Å². The number of likely N-dealkylation sites (N-methyl/N-ethyl adjacent to an activating group) is 1. The van der Waals surface area contributed by atoms with Gasteiger partial charge < -0.3 is 14.2 Å². The number of ether oxygens (including phenoxy) is 3. The maximum atomic E-state index is 14.2. The predicted molar refractivity (Wildman–Crippen MR) is 126 cm³/mol. The van der Waals surface area contributed by atoms with Crippen LogP contribution in [-0.4, -0.2) is 50.3 Å². The molecule has 2 rings (SSSR count). The summed E-state index contributed by atoms with van der Waals surface area (Å²) < 4.78 is 44.6. The van der Waals surface area contributed by atoms with Crippen LogP contribution in [0, 0.1) is 11.6 Å². The highest BCUT2D eigenvalue weighted by atomic mass is 19.1. The van der Waals surface area contributed by atoms with Crippen LogP contribution in [0.25, 0.3) is 11.1 Å². The van der Waals surface area contributed by atoms with Gasteiger partial charge in [-0.3, -0.25) is 9.69 Å². The van der Waals surface area contributed by atoms with Crippen molar-refractivity contribution in [3.63, 3.8) is 0 Å². The number of methoxy groups -OCH3 is 1. The molecule has 0 spiro atoms. The summed E-state index contributed by atoms with van der Waals surface area (Å²) in [4.78, 5) is 13.8. The minimum Gasteiger partial charge on any atom is -0.492 e. The van der Waals surface area contributed by atoms with E-state index in [1.165, 1.54) is 19.2 Å². The Morgan fingerprint density at radius 3 is 2.09 bits per heavy atom. The first kappa shape index (κ1) is 26.6. The van der Waals surface area contributed by atoms with Gasteiger partial charge >= 0.3 is 5.97 Å². The molecule has 0 unspecified atom stereocenters. The van der Waals surface area contributed by atoms with Gasteiger partial charge in [-0.25, -0.2) is 8.78 Å². The van der Waals surface area contributed by atoms with Crippen LogP contribution in [0.15, 0.2) is 30.3 Å². The summed E-state index contributed by atoms with van der Waals surface area (Å²) in [6, 6.07) is 7.99. The first-order chi connectivity index (χ1) is 15.2. The van der Waals surface area contributed by atoms with Gasteiger partial charge in [-0.05, 0) is 68.6 Å². The quantitative estimate of drug-likeness (QED) is 0.478.